The molecule has 5 N–H and O–H groups in total. The standard InChI is InChI=1S/C18H34O3.C17H34O3.C16H26O4.C13H26O3.C10H16O5.C10H16O4.3C10H14O/c1-7-18(5,6)16(19)21-15(13-17(2,3)4)20-14-11-9-8-10-12-14;1-10-17(8,9)14(18)20-13(11-15(2,3)4)19-12-16(5,6)7;1-4-13(2,3)12(17)20-16-7-11-5-14(18,9-16)8-15(19,6-11)10-16;1-8-13(5,6)11(14)16-10(15-7)9-12(2,3)4;1-4-10(2,3)8(11)13-5-7-6-14-9(12)15-7;1-4-10(2,3)9(12)14-7-5-6-13-8(7)11;3*1-3-8(2)9-4-6-10(11)7-5-9/h14-15H,7-13H2,1-6H3;13H,10-12H2,1-9H3;11,18-19H,4-10H2,1-3H3;10H,8-9H2,1-7H3;7H,4-6H2,1-3H3;7H,4-6H2,1-3H3;3*4-8,11H,3H2,1-2H3. The normalized spacial score (nSPS) is 21.0. The molecule has 5 saturated carbocycles. The third-order valence-electron chi connectivity index (χ3n) is 27.2. The molecule has 10 rings (SSSR count). The van der Waals surface area contributed by atoms with Gasteiger partial charge < -0.3 is 82.4 Å². The highest BCUT2D eigenvalue weighted by atomic mass is 16.8. The number of carbonyl (C=O) groups is 8. The summed E-state index contributed by atoms with van der Waals surface area (Å²) in [4.78, 5) is 93.5. The first kappa shape index (κ1) is 129. The van der Waals surface area contributed by atoms with Gasteiger partial charge in [-0.05, 0) is 271 Å². The zero-order valence-corrected chi connectivity index (χ0v) is 93.4. The van der Waals surface area contributed by atoms with Gasteiger partial charge in [0.05, 0.1) is 63.0 Å². The Morgan fingerprint density at radius 1 is 0.417 bits per heavy atom. The van der Waals surface area contributed by atoms with E-state index in [2.05, 4.69) is 129 Å². The number of carbonyl (C=O) groups excluding carboxylic acids is 8. The molecule has 7 fully saturated rings. The molecule has 7 aliphatic rings. The summed E-state index contributed by atoms with van der Waals surface area (Å²) in [6.45, 7) is 73.9. The maximum Gasteiger partial charge on any atom is 0.508 e. The molecule has 0 spiro atoms. The molecule has 2 aliphatic heterocycles. The minimum Gasteiger partial charge on any atom is -0.508 e. The van der Waals surface area contributed by atoms with Crippen LogP contribution >= 0.6 is 0 Å². The van der Waals surface area contributed by atoms with Crippen LogP contribution in [0.15, 0.2) is 72.8 Å². The highest BCUT2D eigenvalue weighted by molar-refractivity contribution is 5.83. The second-order valence-corrected chi connectivity index (χ2v) is 48.2. The fourth-order valence-electron chi connectivity index (χ4n) is 14.9. The van der Waals surface area contributed by atoms with Crippen molar-refractivity contribution in [3.63, 3.8) is 0 Å². The Morgan fingerprint density at radius 2 is 0.763 bits per heavy atom. The van der Waals surface area contributed by atoms with Crippen molar-refractivity contribution in [3.05, 3.63) is 89.5 Å². The van der Waals surface area contributed by atoms with Crippen molar-refractivity contribution in [2.24, 2.45) is 60.1 Å². The SMILES string of the molecule is CCC(C)(C)C(=O)OC(CC(C)(C)C)OC.CCC(C)(C)C(=O)OC(CC(C)(C)C)OC1CCCCC1.CCC(C)(C)C(=O)OC(CC(C)(C)C)OCC(C)(C)C.CCC(C)(C)C(=O)OC12CC3CC(O)(CC(O)(C3)C1)C2.CCC(C)(C)C(=O)OC1CCOC1=O.CCC(C)(C)C(=O)OCC1COC(=O)O1.CCC(C)c1ccc(O)cc1.CCC(C)c1ccc(O)cc1.CCC(C)c1ccc(O)cc1. The maximum absolute atomic E-state index is 12.4. The number of aliphatic hydroxyl groups is 2. The van der Waals surface area contributed by atoms with Crippen molar-refractivity contribution in [1.82, 2.24) is 0 Å². The van der Waals surface area contributed by atoms with Gasteiger partial charge in [-0.1, -0.05) is 222 Å². The number of benzene rings is 3. The molecule has 3 aromatic carbocycles. The van der Waals surface area contributed by atoms with Crippen LogP contribution in [0.1, 0.15) is 438 Å². The number of ether oxygens (including phenoxy) is 12. The van der Waals surface area contributed by atoms with E-state index in [-0.39, 0.29) is 82.7 Å². The summed E-state index contributed by atoms with van der Waals surface area (Å²) in [5, 5.41) is 48.3. The van der Waals surface area contributed by atoms with Gasteiger partial charge in [0.1, 0.15) is 36.1 Å². The van der Waals surface area contributed by atoms with Gasteiger partial charge in [0.2, 0.25) is 25.0 Å². The number of esters is 7. The molecule has 800 valence electrons. The van der Waals surface area contributed by atoms with E-state index in [1.165, 1.54) is 36.0 Å². The average molecular weight is 1960 g/mol. The fourth-order valence-corrected chi connectivity index (χ4v) is 14.9. The van der Waals surface area contributed by atoms with Crippen molar-refractivity contribution in [2.75, 3.05) is 33.5 Å². The zero-order chi connectivity index (χ0) is 107. The minimum atomic E-state index is -0.842. The Balaban J connectivity index is 0.000000789. The second-order valence-electron chi connectivity index (χ2n) is 48.2. The van der Waals surface area contributed by atoms with Crippen LogP contribution in [0.3, 0.4) is 0 Å². The molecule has 0 amide bonds. The van der Waals surface area contributed by atoms with Gasteiger partial charge in [-0.3, -0.25) is 28.8 Å². The zero-order valence-electron chi connectivity index (χ0n) is 93.4. The van der Waals surface area contributed by atoms with Gasteiger partial charge in [0, 0.05) is 52.1 Å². The predicted octanol–water partition coefficient (Wildman–Crippen LogP) is 26.9. The van der Waals surface area contributed by atoms with E-state index in [0.29, 0.717) is 99.6 Å². The average Bonchev–Trinajstić information content (AvgIpc) is 0.787. The molecule has 139 heavy (non-hydrogen) atoms. The van der Waals surface area contributed by atoms with Gasteiger partial charge in [-0.25, -0.2) is 9.59 Å². The van der Waals surface area contributed by atoms with Crippen LogP contribution in [-0.2, 0) is 90.4 Å². The van der Waals surface area contributed by atoms with Gasteiger partial charge in [-0.2, -0.15) is 0 Å². The van der Waals surface area contributed by atoms with E-state index in [4.69, 9.17) is 67.4 Å². The molecule has 2 heterocycles. The topological polar surface area (TPSA) is 348 Å². The monoisotopic (exact) mass is 1960 g/mol. The predicted molar refractivity (Wildman–Crippen MR) is 550 cm³/mol. The summed E-state index contributed by atoms with van der Waals surface area (Å²) in [5.74, 6) is 1.34. The summed E-state index contributed by atoms with van der Waals surface area (Å²) in [5.41, 5.74) is -1.03. The quantitative estimate of drug-likeness (QED) is 0.0215. The largest absolute Gasteiger partial charge is 0.508 e. The smallest absolute Gasteiger partial charge is 0.508 e. The van der Waals surface area contributed by atoms with Gasteiger partial charge in [0.15, 0.2) is 6.10 Å². The lowest BCUT2D eigenvalue weighted by Gasteiger charge is -2.62. The Morgan fingerprint density at radius 3 is 1.09 bits per heavy atom. The molecule has 5 aliphatic carbocycles. The number of methoxy groups -OCH3 is 1. The summed E-state index contributed by atoms with van der Waals surface area (Å²) in [6.07, 6.45) is 17.2. The lowest BCUT2D eigenvalue weighted by atomic mass is 9.50. The third kappa shape index (κ3) is 50.0. The van der Waals surface area contributed by atoms with Gasteiger partial charge in [0.25, 0.3) is 0 Å². The van der Waals surface area contributed by atoms with Crippen LogP contribution in [-0.4, -0.2) is 161 Å². The molecule has 0 radical (unpaired) electrons. The van der Waals surface area contributed by atoms with Crippen molar-refractivity contribution in [3.8, 4) is 17.2 Å². The van der Waals surface area contributed by atoms with Gasteiger partial charge >= 0.3 is 47.9 Å². The van der Waals surface area contributed by atoms with Crippen LogP contribution in [0.25, 0.3) is 0 Å². The molecular weight excluding hydrogens is 1770 g/mol. The number of hydrogen-bond donors (Lipinski definition) is 5. The van der Waals surface area contributed by atoms with E-state index in [1.807, 2.05) is 147 Å². The van der Waals surface area contributed by atoms with Crippen LogP contribution in [0.2, 0.25) is 0 Å². The number of phenolic OH excluding ortho intramolecular Hbond substituents is 3. The Kier molecular flexibility index (Phi) is 53.8. The summed E-state index contributed by atoms with van der Waals surface area (Å²) >= 11 is 0. The van der Waals surface area contributed by atoms with E-state index in [0.717, 1.165) is 83.5 Å². The number of rotatable bonds is 33. The Hall–Kier alpha value is -7.58. The van der Waals surface area contributed by atoms with Gasteiger partial charge in [-0.15, -0.1) is 0 Å². The number of phenols is 3. The summed E-state index contributed by atoms with van der Waals surface area (Å²) in [7, 11) is 1.57. The number of cyclic esters (lactones) is 3. The van der Waals surface area contributed by atoms with Crippen LogP contribution in [0, 0.1) is 60.1 Å². The fraction of sp³-hybridized carbons (Fsp3) is 0.772. The molecule has 25 heteroatoms. The van der Waals surface area contributed by atoms with Crippen molar-refractivity contribution >= 4 is 47.9 Å². The first-order valence-electron chi connectivity index (χ1n) is 51.6. The molecule has 0 aromatic heterocycles. The third-order valence-corrected chi connectivity index (χ3v) is 27.2. The molecule has 10 atom stereocenters. The van der Waals surface area contributed by atoms with E-state index >= 15 is 0 Å². The summed E-state index contributed by atoms with van der Waals surface area (Å²) < 4.78 is 63.8. The second kappa shape index (κ2) is 57.8. The van der Waals surface area contributed by atoms with E-state index in [1.54, 1.807) is 57.4 Å². The molecule has 25 nitrogen and oxygen atoms in total. The van der Waals surface area contributed by atoms with Crippen LogP contribution in [0.5, 0.6) is 17.2 Å². The number of aromatic hydroxyl groups is 3. The minimum absolute atomic E-state index is 0.0548. The number of hydrogen-bond acceptors (Lipinski definition) is 25. The molecule has 10 unspecified atom stereocenters. The molecular formula is C114H194O25. The molecule has 4 bridgehead atoms. The van der Waals surface area contributed by atoms with E-state index < -0.39 is 92.5 Å². The lowest BCUT2D eigenvalue weighted by molar-refractivity contribution is -0.264. The maximum atomic E-state index is 12.4. The molecule has 3 aromatic rings. The van der Waals surface area contributed by atoms with E-state index in [9.17, 15) is 48.6 Å². The lowest BCUT2D eigenvalue weighted by Crippen LogP contribution is -2.67. The van der Waals surface area contributed by atoms with Crippen molar-refractivity contribution in [1.29, 1.82) is 0 Å². The first-order chi connectivity index (χ1) is 63.8. The Bertz CT molecular complexity index is 3950. The van der Waals surface area contributed by atoms with Crippen LogP contribution in [0.4, 0.5) is 4.79 Å². The van der Waals surface area contributed by atoms with Crippen LogP contribution < -0.4 is 0 Å². The highest BCUT2D eigenvalue weighted by Crippen LogP contribution is 2.61. The first-order valence-corrected chi connectivity index (χ1v) is 51.6. The highest BCUT2D eigenvalue weighted by Gasteiger charge is 2.65. The molecule has 2 saturated heterocycles. The van der Waals surface area contributed by atoms with Crippen molar-refractivity contribution < 1.29 is 121 Å². The summed E-state index contributed by atoms with van der Waals surface area (Å²) in [6, 6.07) is 22.3. The Labute approximate surface area is 839 Å². The van der Waals surface area contributed by atoms with Crippen molar-refractivity contribution in [2.45, 2.75) is 475 Å².